The number of urea groups is 1. The van der Waals surface area contributed by atoms with E-state index in [4.69, 9.17) is 26.8 Å². The van der Waals surface area contributed by atoms with E-state index in [0.29, 0.717) is 29.2 Å². The van der Waals surface area contributed by atoms with Crippen molar-refractivity contribution in [1.82, 2.24) is 15.6 Å². The van der Waals surface area contributed by atoms with E-state index in [2.05, 4.69) is 10.6 Å². The highest BCUT2D eigenvalue weighted by Gasteiger charge is 2.29. The molecule has 0 saturated carbocycles. The molecule has 2 N–H and O–H groups in total. The molecule has 31 heavy (non-hydrogen) atoms. The molecule has 2 aliphatic rings. The summed E-state index contributed by atoms with van der Waals surface area (Å²) in [7, 11) is 1.49. The summed E-state index contributed by atoms with van der Waals surface area (Å²) in [5.74, 6) is 1.24. The zero-order chi connectivity index (χ0) is 22.1. The average molecular weight is 441 g/mol. The molecular weight excluding hydrogens is 422 g/mol. The second kappa shape index (κ2) is 8.19. The number of hydrogen-bond donors (Lipinski definition) is 2. The molecule has 2 amide bonds. The van der Waals surface area contributed by atoms with E-state index in [-0.39, 0.29) is 23.6 Å². The number of hydrazone groups is 1. The van der Waals surface area contributed by atoms with Crippen molar-refractivity contribution >= 4 is 34.8 Å². The summed E-state index contributed by atoms with van der Waals surface area (Å²) in [6.07, 6.45) is 0.571. The first kappa shape index (κ1) is 20.5. The number of nitrogens with one attached hydrogen (secondary N) is 2. The lowest BCUT2D eigenvalue weighted by Gasteiger charge is -2.25. The molecule has 2 aromatic carbocycles. The Bertz CT molecular complexity index is 1100. The van der Waals surface area contributed by atoms with Crippen molar-refractivity contribution in [3.05, 3.63) is 63.2 Å². The molecule has 2 aromatic rings. The molecular formula is C20H19N5O5S. The molecule has 10 nitrogen and oxygen atoms in total. The third-order valence-corrected chi connectivity index (χ3v) is 5.29. The van der Waals surface area contributed by atoms with Gasteiger partial charge in [-0.2, -0.15) is 5.10 Å². The van der Waals surface area contributed by atoms with Crippen molar-refractivity contribution in [2.24, 2.45) is 5.10 Å². The summed E-state index contributed by atoms with van der Waals surface area (Å²) in [6.45, 7) is 2.08. The molecule has 11 heteroatoms. The van der Waals surface area contributed by atoms with Gasteiger partial charge in [-0.1, -0.05) is 0 Å². The van der Waals surface area contributed by atoms with Gasteiger partial charge >= 0.3 is 6.03 Å². The molecule has 0 radical (unpaired) electrons. The van der Waals surface area contributed by atoms with Gasteiger partial charge in [-0.05, 0) is 55.4 Å². The van der Waals surface area contributed by atoms with E-state index >= 15 is 0 Å². The van der Waals surface area contributed by atoms with Crippen molar-refractivity contribution < 1.29 is 19.2 Å². The Morgan fingerprint density at radius 2 is 1.94 bits per heavy atom. The third kappa shape index (κ3) is 3.99. The fourth-order valence-electron chi connectivity index (χ4n) is 3.46. The number of fused-ring (bicyclic) bond motifs is 2. The number of amides is 2. The number of benzene rings is 2. The highest BCUT2D eigenvalue weighted by molar-refractivity contribution is 7.80. The molecule has 4 rings (SSSR count). The minimum Gasteiger partial charge on any atom is -0.454 e. The molecule has 0 spiro atoms. The number of nitro groups is 1. The number of carbonyl (C=O) groups excluding carboxylic acids is 1. The predicted octanol–water partition coefficient (Wildman–Crippen LogP) is 2.54. The first-order valence-corrected chi connectivity index (χ1v) is 9.86. The van der Waals surface area contributed by atoms with Crippen molar-refractivity contribution in [1.29, 1.82) is 0 Å². The minimum atomic E-state index is -0.457. The molecule has 0 aromatic heterocycles. The van der Waals surface area contributed by atoms with E-state index in [9.17, 15) is 14.9 Å². The lowest BCUT2D eigenvalue weighted by atomic mass is 9.94. The maximum Gasteiger partial charge on any atom is 0.320 e. The zero-order valence-electron chi connectivity index (χ0n) is 16.7. The quantitative estimate of drug-likeness (QED) is 0.418. The van der Waals surface area contributed by atoms with Crippen LogP contribution in [0.25, 0.3) is 0 Å². The number of nitrogens with zero attached hydrogens (tertiary/aromatic N) is 3. The van der Waals surface area contributed by atoms with Gasteiger partial charge in [0.1, 0.15) is 0 Å². The maximum atomic E-state index is 11.8. The topological polar surface area (TPSA) is 118 Å². The Morgan fingerprint density at radius 1 is 1.26 bits per heavy atom. The standard InChI is InChI=1S/C20H19N5O5S/c1-11-7-13-8-16-17(30-10-29-16)9-15(13)18(12-3-5-14(6-4-12)25(27)28)23-24(11)20(31)22-19(26)21-2/h3-6,8-9,11H,7,10H2,1-2H3,(H2,21,22,26,31). The Kier molecular flexibility index (Phi) is 5.42. The van der Waals surface area contributed by atoms with Crippen LogP contribution >= 0.6 is 12.2 Å². The molecule has 0 aliphatic carbocycles. The second-order valence-corrected chi connectivity index (χ2v) is 7.41. The second-order valence-electron chi connectivity index (χ2n) is 7.02. The normalized spacial score (nSPS) is 16.6. The Balaban J connectivity index is 1.83. The van der Waals surface area contributed by atoms with Gasteiger partial charge < -0.3 is 14.8 Å². The van der Waals surface area contributed by atoms with Crippen LogP contribution in [0.2, 0.25) is 0 Å². The minimum absolute atomic E-state index is 0.0223. The number of non-ortho nitro benzene ring substituents is 1. The van der Waals surface area contributed by atoms with Crippen LogP contribution in [0.1, 0.15) is 23.6 Å². The molecule has 2 heterocycles. The highest BCUT2D eigenvalue weighted by Crippen LogP contribution is 2.37. The SMILES string of the molecule is CNC(=O)NC(=S)N1N=C(c2ccc([N+](=O)[O-])cc2)c2cc3c(cc2CC1C)OCO3. The van der Waals surface area contributed by atoms with Crippen LogP contribution in [-0.4, -0.2) is 46.7 Å². The van der Waals surface area contributed by atoms with Gasteiger partial charge in [-0.3, -0.25) is 15.4 Å². The van der Waals surface area contributed by atoms with Gasteiger partial charge in [-0.25, -0.2) is 9.80 Å². The van der Waals surface area contributed by atoms with Crippen LogP contribution < -0.4 is 20.1 Å². The van der Waals surface area contributed by atoms with Crippen molar-refractivity contribution in [3.8, 4) is 11.5 Å². The van der Waals surface area contributed by atoms with Gasteiger partial charge in [0, 0.05) is 30.3 Å². The number of ether oxygens (including phenoxy) is 2. The van der Waals surface area contributed by atoms with Crippen LogP contribution in [-0.2, 0) is 6.42 Å². The van der Waals surface area contributed by atoms with Gasteiger partial charge in [0.05, 0.1) is 16.7 Å². The summed E-state index contributed by atoms with van der Waals surface area (Å²) < 4.78 is 11.1. The van der Waals surface area contributed by atoms with E-state index in [1.165, 1.54) is 19.2 Å². The molecule has 160 valence electrons. The van der Waals surface area contributed by atoms with Crippen molar-refractivity contribution in [3.63, 3.8) is 0 Å². The van der Waals surface area contributed by atoms with Gasteiger partial charge in [0.25, 0.3) is 5.69 Å². The van der Waals surface area contributed by atoms with Gasteiger partial charge in [0.2, 0.25) is 6.79 Å². The molecule has 0 saturated heterocycles. The van der Waals surface area contributed by atoms with Crippen LogP contribution in [0.4, 0.5) is 10.5 Å². The van der Waals surface area contributed by atoms with Crippen LogP contribution in [0.15, 0.2) is 41.5 Å². The zero-order valence-corrected chi connectivity index (χ0v) is 17.6. The van der Waals surface area contributed by atoms with Gasteiger partial charge in [-0.15, -0.1) is 0 Å². The molecule has 1 atom stereocenters. The number of nitro benzene ring substituents is 1. The van der Waals surface area contributed by atoms with Crippen LogP contribution in [0.5, 0.6) is 11.5 Å². The number of carbonyl (C=O) groups is 1. The smallest absolute Gasteiger partial charge is 0.320 e. The number of rotatable bonds is 2. The summed E-state index contributed by atoms with van der Waals surface area (Å²) in [5, 5.41) is 22.6. The van der Waals surface area contributed by atoms with Crippen molar-refractivity contribution in [2.45, 2.75) is 19.4 Å². The third-order valence-electron chi connectivity index (χ3n) is 5.00. The first-order valence-electron chi connectivity index (χ1n) is 9.45. The van der Waals surface area contributed by atoms with Gasteiger partial charge in [0.15, 0.2) is 16.6 Å². The predicted molar refractivity (Wildman–Crippen MR) is 116 cm³/mol. The Hall–Kier alpha value is -3.73. The summed E-state index contributed by atoms with van der Waals surface area (Å²) in [6, 6.07) is 9.24. The fraction of sp³-hybridized carbons (Fsp3) is 0.250. The molecule has 1 unspecified atom stereocenters. The lowest BCUT2D eigenvalue weighted by molar-refractivity contribution is -0.384. The van der Waals surface area contributed by atoms with E-state index < -0.39 is 11.0 Å². The highest BCUT2D eigenvalue weighted by atomic mass is 32.1. The van der Waals surface area contributed by atoms with E-state index in [1.54, 1.807) is 17.1 Å². The lowest BCUT2D eigenvalue weighted by Crippen LogP contribution is -2.47. The average Bonchev–Trinajstić information content (AvgIpc) is 3.15. The molecule has 0 bridgehead atoms. The van der Waals surface area contributed by atoms with E-state index in [1.807, 2.05) is 19.1 Å². The fourth-order valence-corrected chi connectivity index (χ4v) is 3.77. The summed E-state index contributed by atoms with van der Waals surface area (Å²) in [4.78, 5) is 22.4. The number of thiocarbonyl (C=S) groups is 1. The largest absolute Gasteiger partial charge is 0.454 e. The monoisotopic (exact) mass is 441 g/mol. The Labute approximate surface area is 183 Å². The molecule has 2 aliphatic heterocycles. The summed E-state index contributed by atoms with van der Waals surface area (Å²) >= 11 is 5.42. The Morgan fingerprint density at radius 3 is 2.58 bits per heavy atom. The van der Waals surface area contributed by atoms with Crippen LogP contribution in [0, 0.1) is 10.1 Å². The van der Waals surface area contributed by atoms with Crippen LogP contribution in [0.3, 0.4) is 0 Å². The molecule has 0 fully saturated rings. The maximum absolute atomic E-state index is 11.8. The first-order chi connectivity index (χ1) is 14.9. The van der Waals surface area contributed by atoms with Crippen molar-refractivity contribution in [2.75, 3.05) is 13.8 Å². The van der Waals surface area contributed by atoms with E-state index in [0.717, 1.165) is 11.1 Å². The summed E-state index contributed by atoms with van der Waals surface area (Å²) in [5.41, 5.74) is 2.95. The number of hydrogen-bond acceptors (Lipinski definition) is 7.